The van der Waals surface area contributed by atoms with Crippen LogP contribution in [0.1, 0.15) is 68.5 Å². The van der Waals surface area contributed by atoms with Crippen molar-refractivity contribution in [3.05, 3.63) is 35.4 Å². The van der Waals surface area contributed by atoms with E-state index < -0.39 is 0 Å². The molecule has 0 saturated heterocycles. The molecule has 2 aliphatic carbocycles. The molecule has 0 radical (unpaired) electrons. The molecular weight excluding hydrogens is 244 g/mol. The highest BCUT2D eigenvalue weighted by atomic mass is 15.2. The molecule has 0 bridgehead atoms. The molecule has 2 N–H and O–H groups in total. The lowest BCUT2D eigenvalue weighted by molar-refractivity contribution is 0.188. The lowest BCUT2D eigenvalue weighted by Gasteiger charge is -2.31. The fourth-order valence-electron chi connectivity index (χ4n) is 3.24. The molecule has 0 spiro atoms. The third-order valence-electron chi connectivity index (χ3n) is 4.75. The van der Waals surface area contributed by atoms with E-state index in [4.69, 9.17) is 5.73 Å². The van der Waals surface area contributed by atoms with Crippen LogP contribution in [0.5, 0.6) is 0 Å². The standard InChI is InChI=1S/C18H28N2/c1-2-3-11-20(17-9-10-17)18(13-19)16-6-4-5-15(12-16)14-7-8-14/h4-6,12,14,17-18H,2-3,7-11,13,19H2,1H3. The molecule has 110 valence electrons. The Bertz CT molecular complexity index is 435. The van der Waals surface area contributed by atoms with Gasteiger partial charge in [-0.05, 0) is 55.7 Å². The van der Waals surface area contributed by atoms with Gasteiger partial charge < -0.3 is 5.73 Å². The summed E-state index contributed by atoms with van der Waals surface area (Å²) in [6, 6.07) is 10.5. The minimum Gasteiger partial charge on any atom is -0.329 e. The molecule has 1 aromatic rings. The van der Waals surface area contributed by atoms with Crippen molar-refractivity contribution in [1.29, 1.82) is 0 Å². The van der Waals surface area contributed by atoms with Gasteiger partial charge in [0.15, 0.2) is 0 Å². The fraction of sp³-hybridized carbons (Fsp3) is 0.667. The topological polar surface area (TPSA) is 29.3 Å². The van der Waals surface area contributed by atoms with Gasteiger partial charge in [0.1, 0.15) is 0 Å². The molecule has 1 atom stereocenters. The third-order valence-corrected chi connectivity index (χ3v) is 4.75. The highest BCUT2D eigenvalue weighted by Crippen LogP contribution is 2.41. The van der Waals surface area contributed by atoms with Crippen molar-refractivity contribution in [3.63, 3.8) is 0 Å². The quantitative estimate of drug-likeness (QED) is 0.779. The summed E-state index contributed by atoms with van der Waals surface area (Å²) >= 11 is 0. The lowest BCUT2D eigenvalue weighted by Crippen LogP contribution is -2.36. The van der Waals surface area contributed by atoms with Crippen LogP contribution in [-0.2, 0) is 0 Å². The van der Waals surface area contributed by atoms with E-state index in [-0.39, 0.29) is 0 Å². The Kier molecular flexibility index (Phi) is 4.42. The van der Waals surface area contributed by atoms with Crippen molar-refractivity contribution >= 4 is 0 Å². The van der Waals surface area contributed by atoms with Gasteiger partial charge in [0, 0.05) is 18.6 Å². The van der Waals surface area contributed by atoms with Crippen LogP contribution in [0, 0.1) is 0 Å². The second-order valence-electron chi connectivity index (χ2n) is 6.52. The predicted octanol–water partition coefficient (Wildman–Crippen LogP) is 3.83. The number of unbranched alkanes of at least 4 members (excludes halogenated alkanes) is 1. The molecule has 2 heteroatoms. The summed E-state index contributed by atoms with van der Waals surface area (Å²) in [6.07, 6.45) is 8.03. The zero-order chi connectivity index (χ0) is 13.9. The highest BCUT2D eigenvalue weighted by Gasteiger charge is 2.34. The van der Waals surface area contributed by atoms with Crippen molar-refractivity contribution in [2.45, 2.75) is 63.5 Å². The van der Waals surface area contributed by atoms with Gasteiger partial charge in [-0.3, -0.25) is 4.90 Å². The van der Waals surface area contributed by atoms with E-state index in [1.165, 1.54) is 56.2 Å². The Hall–Kier alpha value is -0.860. The van der Waals surface area contributed by atoms with Gasteiger partial charge in [-0.25, -0.2) is 0 Å². The zero-order valence-electron chi connectivity index (χ0n) is 12.7. The van der Waals surface area contributed by atoms with Crippen LogP contribution in [0.3, 0.4) is 0 Å². The first-order chi connectivity index (χ1) is 9.83. The van der Waals surface area contributed by atoms with Crippen LogP contribution in [0.25, 0.3) is 0 Å². The van der Waals surface area contributed by atoms with Crippen molar-refractivity contribution in [1.82, 2.24) is 4.90 Å². The summed E-state index contributed by atoms with van der Waals surface area (Å²) in [5.41, 5.74) is 9.12. The van der Waals surface area contributed by atoms with Crippen LogP contribution in [0.15, 0.2) is 24.3 Å². The number of nitrogens with two attached hydrogens (primary N) is 1. The second-order valence-corrected chi connectivity index (χ2v) is 6.52. The Morgan fingerprint density at radius 2 is 2.05 bits per heavy atom. The number of benzene rings is 1. The Labute approximate surface area is 123 Å². The Balaban J connectivity index is 1.77. The minimum absolute atomic E-state index is 0.424. The molecule has 2 nitrogen and oxygen atoms in total. The van der Waals surface area contributed by atoms with Crippen molar-refractivity contribution in [3.8, 4) is 0 Å². The summed E-state index contributed by atoms with van der Waals surface area (Å²) in [5, 5.41) is 0. The molecule has 1 unspecified atom stereocenters. The van der Waals surface area contributed by atoms with E-state index in [2.05, 4.69) is 36.1 Å². The van der Waals surface area contributed by atoms with Gasteiger partial charge in [-0.2, -0.15) is 0 Å². The maximum atomic E-state index is 6.14. The van der Waals surface area contributed by atoms with Crippen LogP contribution in [0.2, 0.25) is 0 Å². The maximum absolute atomic E-state index is 6.14. The number of hydrogen-bond donors (Lipinski definition) is 1. The van der Waals surface area contributed by atoms with Gasteiger partial charge in [-0.15, -0.1) is 0 Å². The largest absolute Gasteiger partial charge is 0.329 e. The second kappa shape index (κ2) is 6.28. The molecular formula is C18H28N2. The van der Waals surface area contributed by atoms with E-state index >= 15 is 0 Å². The molecule has 0 heterocycles. The summed E-state index contributed by atoms with van der Waals surface area (Å²) < 4.78 is 0. The molecule has 0 aromatic heterocycles. The molecule has 20 heavy (non-hydrogen) atoms. The van der Waals surface area contributed by atoms with E-state index in [0.29, 0.717) is 6.04 Å². The van der Waals surface area contributed by atoms with Crippen LogP contribution >= 0.6 is 0 Å². The number of rotatable bonds is 8. The van der Waals surface area contributed by atoms with Crippen LogP contribution in [-0.4, -0.2) is 24.0 Å². The fourth-order valence-corrected chi connectivity index (χ4v) is 3.24. The van der Waals surface area contributed by atoms with Crippen molar-refractivity contribution < 1.29 is 0 Å². The Morgan fingerprint density at radius 3 is 2.65 bits per heavy atom. The van der Waals surface area contributed by atoms with Gasteiger partial charge in [-0.1, -0.05) is 37.6 Å². The smallest absolute Gasteiger partial charge is 0.0473 e. The SMILES string of the molecule is CCCCN(C1CC1)C(CN)c1cccc(C2CC2)c1. The summed E-state index contributed by atoms with van der Waals surface area (Å²) in [5.74, 6) is 0.832. The zero-order valence-corrected chi connectivity index (χ0v) is 12.7. The Morgan fingerprint density at radius 1 is 1.25 bits per heavy atom. The third kappa shape index (κ3) is 3.24. The van der Waals surface area contributed by atoms with Gasteiger partial charge in [0.25, 0.3) is 0 Å². The normalized spacial score (nSPS) is 20.4. The summed E-state index contributed by atoms with van der Waals surface area (Å²) in [6.45, 7) is 4.22. The van der Waals surface area contributed by atoms with Crippen LogP contribution < -0.4 is 5.73 Å². The van der Waals surface area contributed by atoms with Gasteiger partial charge >= 0.3 is 0 Å². The van der Waals surface area contributed by atoms with E-state index in [1.807, 2.05) is 0 Å². The lowest BCUT2D eigenvalue weighted by atomic mass is 10.00. The van der Waals surface area contributed by atoms with Crippen molar-refractivity contribution in [2.75, 3.05) is 13.1 Å². The molecule has 2 aliphatic rings. The van der Waals surface area contributed by atoms with E-state index in [0.717, 1.165) is 18.5 Å². The van der Waals surface area contributed by atoms with Gasteiger partial charge in [0.05, 0.1) is 0 Å². The molecule has 0 aliphatic heterocycles. The first kappa shape index (κ1) is 14.1. The monoisotopic (exact) mass is 272 g/mol. The first-order valence-electron chi connectivity index (χ1n) is 8.39. The minimum atomic E-state index is 0.424. The first-order valence-corrected chi connectivity index (χ1v) is 8.39. The maximum Gasteiger partial charge on any atom is 0.0473 e. The average molecular weight is 272 g/mol. The molecule has 2 saturated carbocycles. The van der Waals surface area contributed by atoms with Gasteiger partial charge in [0.2, 0.25) is 0 Å². The highest BCUT2D eigenvalue weighted by molar-refractivity contribution is 5.31. The number of hydrogen-bond acceptors (Lipinski definition) is 2. The molecule has 0 amide bonds. The summed E-state index contributed by atoms with van der Waals surface area (Å²) in [7, 11) is 0. The molecule has 3 rings (SSSR count). The number of nitrogens with zero attached hydrogens (tertiary/aromatic N) is 1. The van der Waals surface area contributed by atoms with Crippen LogP contribution in [0.4, 0.5) is 0 Å². The molecule has 2 fully saturated rings. The summed E-state index contributed by atoms with van der Waals surface area (Å²) in [4.78, 5) is 2.68. The van der Waals surface area contributed by atoms with E-state index in [9.17, 15) is 0 Å². The van der Waals surface area contributed by atoms with Crippen molar-refractivity contribution in [2.24, 2.45) is 5.73 Å². The predicted molar refractivity (Wildman–Crippen MR) is 84.8 cm³/mol. The molecule has 1 aromatic carbocycles. The average Bonchev–Trinajstić information content (AvgIpc) is 3.36. The van der Waals surface area contributed by atoms with E-state index in [1.54, 1.807) is 0 Å².